The van der Waals surface area contributed by atoms with E-state index in [2.05, 4.69) is 0 Å². The predicted molar refractivity (Wildman–Crippen MR) is 78.8 cm³/mol. The quantitative estimate of drug-likeness (QED) is 0.686. The van der Waals surface area contributed by atoms with Crippen molar-refractivity contribution < 1.29 is 14.7 Å². The fourth-order valence-corrected chi connectivity index (χ4v) is 3.15. The van der Waals surface area contributed by atoms with E-state index < -0.39 is 0 Å². The van der Waals surface area contributed by atoms with Crippen molar-refractivity contribution >= 4 is 17.6 Å². The highest BCUT2D eigenvalue weighted by molar-refractivity contribution is 6.29. The zero-order valence-electron chi connectivity index (χ0n) is 11.2. The molecule has 21 heavy (non-hydrogen) atoms. The van der Waals surface area contributed by atoms with Crippen LogP contribution in [0.25, 0.3) is 6.08 Å². The Bertz CT molecular complexity index is 844. The number of fused-ring (bicyclic) bond motifs is 3. The van der Waals surface area contributed by atoms with Gasteiger partial charge in [-0.05, 0) is 24.5 Å². The van der Waals surface area contributed by atoms with Crippen molar-refractivity contribution in [3.8, 4) is 5.75 Å². The first kappa shape index (κ1) is 12.1. The number of ketones is 2. The molecule has 2 aliphatic carbocycles. The summed E-state index contributed by atoms with van der Waals surface area (Å²) in [5.41, 5.74) is 2.84. The molecule has 0 saturated heterocycles. The van der Waals surface area contributed by atoms with Crippen LogP contribution in [-0.2, 0) is 6.42 Å². The molecule has 0 spiro atoms. The summed E-state index contributed by atoms with van der Waals surface area (Å²) >= 11 is 0. The Kier molecular flexibility index (Phi) is 2.39. The minimum absolute atomic E-state index is 0.0281. The highest BCUT2D eigenvalue weighted by atomic mass is 16.3. The molecular weight excluding hydrogens is 264 g/mol. The molecule has 0 aromatic heterocycles. The molecule has 2 aliphatic rings. The van der Waals surface area contributed by atoms with E-state index in [1.807, 2.05) is 12.2 Å². The number of rotatable bonds is 0. The third kappa shape index (κ3) is 1.54. The number of phenolic OH excluding ortho intramolecular Hbond substituents is 1. The molecule has 2 aromatic carbocycles. The lowest BCUT2D eigenvalue weighted by atomic mass is 9.80. The highest BCUT2D eigenvalue weighted by Crippen LogP contribution is 2.38. The van der Waals surface area contributed by atoms with Gasteiger partial charge in [0, 0.05) is 22.3 Å². The summed E-state index contributed by atoms with van der Waals surface area (Å²) in [5.74, 6) is -0.493. The van der Waals surface area contributed by atoms with Crippen LogP contribution in [0.3, 0.4) is 0 Å². The van der Waals surface area contributed by atoms with Crippen LogP contribution in [0.1, 0.15) is 49.4 Å². The number of allylic oxidation sites excluding steroid dienone is 1. The number of carbonyl (C=O) groups is 2. The first-order chi connectivity index (χ1) is 10.2. The fourth-order valence-electron chi connectivity index (χ4n) is 3.15. The number of hydrogen-bond donors (Lipinski definition) is 1. The standard InChI is InChI=1S/C18H12O3/c19-16-12-7-3-4-8-13(12)18(21)15-14(16)9-10-5-1-2-6-11(10)17(15)20/h1,3-5,7-9,20H,2,6H2. The number of carbonyl (C=O) groups excluding carboxylic acids is 2. The topological polar surface area (TPSA) is 54.4 Å². The van der Waals surface area contributed by atoms with E-state index in [1.165, 1.54) is 0 Å². The van der Waals surface area contributed by atoms with Crippen LogP contribution in [0.2, 0.25) is 0 Å². The zero-order chi connectivity index (χ0) is 14.6. The van der Waals surface area contributed by atoms with Crippen LogP contribution in [-0.4, -0.2) is 16.7 Å². The van der Waals surface area contributed by atoms with Gasteiger partial charge in [0.25, 0.3) is 0 Å². The highest BCUT2D eigenvalue weighted by Gasteiger charge is 2.33. The molecule has 0 unspecified atom stereocenters. The second kappa shape index (κ2) is 4.16. The molecule has 0 saturated carbocycles. The summed E-state index contributed by atoms with van der Waals surface area (Å²) in [4.78, 5) is 25.2. The van der Waals surface area contributed by atoms with E-state index >= 15 is 0 Å². The van der Waals surface area contributed by atoms with Gasteiger partial charge in [-0.25, -0.2) is 0 Å². The van der Waals surface area contributed by atoms with Crippen molar-refractivity contribution in [1.82, 2.24) is 0 Å². The Balaban J connectivity index is 2.06. The molecule has 3 heteroatoms. The van der Waals surface area contributed by atoms with Gasteiger partial charge in [0.1, 0.15) is 5.75 Å². The maximum absolute atomic E-state index is 12.6. The normalized spacial score (nSPS) is 15.4. The van der Waals surface area contributed by atoms with Crippen molar-refractivity contribution in [1.29, 1.82) is 0 Å². The van der Waals surface area contributed by atoms with E-state index in [1.54, 1.807) is 30.3 Å². The minimum atomic E-state index is -0.268. The predicted octanol–water partition coefficient (Wildman–Crippen LogP) is 3.13. The Morgan fingerprint density at radius 1 is 0.952 bits per heavy atom. The summed E-state index contributed by atoms with van der Waals surface area (Å²) < 4.78 is 0. The lowest BCUT2D eigenvalue weighted by Crippen LogP contribution is -2.22. The SMILES string of the molecule is O=C1c2ccccc2C(=O)c2c1cc1c(c2O)CCC=C1. The molecule has 0 radical (unpaired) electrons. The van der Waals surface area contributed by atoms with Crippen molar-refractivity contribution in [2.24, 2.45) is 0 Å². The monoisotopic (exact) mass is 276 g/mol. The van der Waals surface area contributed by atoms with Gasteiger partial charge in [-0.15, -0.1) is 0 Å². The number of hydrogen-bond acceptors (Lipinski definition) is 3. The number of phenols is 1. The van der Waals surface area contributed by atoms with Gasteiger partial charge in [0.15, 0.2) is 11.6 Å². The van der Waals surface area contributed by atoms with E-state index in [-0.39, 0.29) is 22.9 Å². The number of aromatic hydroxyl groups is 1. The summed E-state index contributed by atoms with van der Waals surface area (Å²) in [7, 11) is 0. The Hall–Kier alpha value is -2.68. The molecule has 3 nitrogen and oxygen atoms in total. The molecule has 1 N–H and O–H groups in total. The summed E-state index contributed by atoms with van der Waals surface area (Å²) in [6.07, 6.45) is 5.43. The van der Waals surface area contributed by atoms with Gasteiger partial charge in [0.05, 0.1) is 5.56 Å². The van der Waals surface area contributed by atoms with Gasteiger partial charge in [-0.1, -0.05) is 36.4 Å². The Labute approximate surface area is 121 Å². The van der Waals surface area contributed by atoms with Crippen LogP contribution in [0.4, 0.5) is 0 Å². The molecule has 2 aromatic rings. The van der Waals surface area contributed by atoms with E-state index in [0.717, 1.165) is 17.5 Å². The van der Waals surface area contributed by atoms with E-state index in [9.17, 15) is 14.7 Å². The smallest absolute Gasteiger partial charge is 0.198 e. The van der Waals surface area contributed by atoms with Crippen molar-refractivity contribution in [2.45, 2.75) is 12.8 Å². The zero-order valence-corrected chi connectivity index (χ0v) is 11.2. The van der Waals surface area contributed by atoms with Crippen LogP contribution < -0.4 is 0 Å². The van der Waals surface area contributed by atoms with E-state index in [0.29, 0.717) is 23.1 Å². The third-order valence-electron chi connectivity index (χ3n) is 4.19. The molecule has 0 atom stereocenters. The maximum atomic E-state index is 12.6. The fraction of sp³-hybridized carbons (Fsp3) is 0.111. The van der Waals surface area contributed by atoms with Crippen molar-refractivity contribution in [3.05, 3.63) is 69.8 Å². The van der Waals surface area contributed by atoms with Crippen molar-refractivity contribution in [2.75, 3.05) is 0 Å². The number of benzene rings is 2. The molecule has 0 heterocycles. The van der Waals surface area contributed by atoms with Gasteiger partial charge in [-0.2, -0.15) is 0 Å². The van der Waals surface area contributed by atoms with Gasteiger partial charge in [-0.3, -0.25) is 9.59 Å². The largest absolute Gasteiger partial charge is 0.507 e. The maximum Gasteiger partial charge on any atom is 0.198 e. The van der Waals surface area contributed by atoms with E-state index in [4.69, 9.17) is 0 Å². The van der Waals surface area contributed by atoms with Crippen LogP contribution in [0, 0.1) is 0 Å². The summed E-state index contributed by atoms with van der Waals surface area (Å²) in [6, 6.07) is 8.50. The molecule has 0 fully saturated rings. The molecule has 4 rings (SSSR count). The summed E-state index contributed by atoms with van der Waals surface area (Å²) in [6.45, 7) is 0. The first-order valence-electron chi connectivity index (χ1n) is 6.92. The Morgan fingerprint density at radius 2 is 1.67 bits per heavy atom. The van der Waals surface area contributed by atoms with Crippen LogP contribution in [0.5, 0.6) is 5.75 Å². The van der Waals surface area contributed by atoms with Gasteiger partial charge >= 0.3 is 0 Å². The molecule has 0 bridgehead atoms. The molecular formula is C18H12O3. The first-order valence-corrected chi connectivity index (χ1v) is 6.92. The average molecular weight is 276 g/mol. The second-order valence-electron chi connectivity index (χ2n) is 5.36. The van der Waals surface area contributed by atoms with Crippen molar-refractivity contribution in [3.63, 3.8) is 0 Å². The molecule has 0 amide bonds. The van der Waals surface area contributed by atoms with Crippen LogP contribution in [0.15, 0.2) is 36.4 Å². The third-order valence-corrected chi connectivity index (χ3v) is 4.19. The minimum Gasteiger partial charge on any atom is -0.507 e. The average Bonchev–Trinajstić information content (AvgIpc) is 2.52. The van der Waals surface area contributed by atoms with Gasteiger partial charge in [0.2, 0.25) is 0 Å². The van der Waals surface area contributed by atoms with Gasteiger partial charge < -0.3 is 5.11 Å². The Morgan fingerprint density at radius 3 is 2.43 bits per heavy atom. The van der Waals surface area contributed by atoms with Crippen LogP contribution >= 0.6 is 0 Å². The lowest BCUT2D eigenvalue weighted by Gasteiger charge is -2.22. The second-order valence-corrected chi connectivity index (χ2v) is 5.36. The molecule has 0 aliphatic heterocycles. The lowest BCUT2D eigenvalue weighted by molar-refractivity contribution is 0.0976. The summed E-state index contributed by atoms with van der Waals surface area (Å²) in [5, 5.41) is 10.5. The molecule has 102 valence electrons.